The zero-order chi connectivity index (χ0) is 22.2. The van der Waals surface area contributed by atoms with Crippen LogP contribution in [0.3, 0.4) is 0 Å². The summed E-state index contributed by atoms with van der Waals surface area (Å²) in [6.07, 6.45) is -2.94. The van der Waals surface area contributed by atoms with Gasteiger partial charge in [-0.15, -0.1) is 0 Å². The lowest BCUT2D eigenvalue weighted by molar-refractivity contribution is 0.0656. The van der Waals surface area contributed by atoms with Gasteiger partial charge in [-0.05, 0) is 38.0 Å². The minimum atomic E-state index is -2.76. The number of ether oxygens (including phenoxy) is 1. The average Bonchev–Trinajstić information content (AvgIpc) is 3.08. The van der Waals surface area contributed by atoms with E-state index in [2.05, 4.69) is 50.1 Å². The summed E-state index contributed by atoms with van der Waals surface area (Å²) in [5.74, 6) is 0.401. The van der Waals surface area contributed by atoms with Gasteiger partial charge in [0.15, 0.2) is 0 Å². The molecule has 1 aromatic heterocycles. The molecule has 0 aliphatic carbocycles. The molecule has 0 spiro atoms. The first kappa shape index (κ1) is 22.4. The van der Waals surface area contributed by atoms with Crippen LogP contribution in [0.25, 0.3) is 0 Å². The second-order valence-corrected chi connectivity index (χ2v) is 14.0. The largest absolute Gasteiger partial charge is 0.474 e. The van der Waals surface area contributed by atoms with Crippen molar-refractivity contribution >= 4 is 41.3 Å². The SMILES string of the molecule is CC(C)(C)[Si](O[C@H]1COc2c(I)c(C(F)F)nn2C1)(c1ccccc1)c1ccccc1. The highest BCUT2D eigenvalue weighted by molar-refractivity contribution is 14.1. The Morgan fingerprint density at radius 2 is 1.61 bits per heavy atom. The van der Waals surface area contributed by atoms with E-state index >= 15 is 0 Å². The van der Waals surface area contributed by atoms with E-state index < -0.39 is 14.7 Å². The number of fused-ring (bicyclic) bond motifs is 1. The van der Waals surface area contributed by atoms with Gasteiger partial charge in [-0.3, -0.25) is 0 Å². The molecule has 0 radical (unpaired) electrons. The molecule has 31 heavy (non-hydrogen) atoms. The van der Waals surface area contributed by atoms with Crippen molar-refractivity contribution in [2.75, 3.05) is 6.61 Å². The van der Waals surface area contributed by atoms with Crippen LogP contribution >= 0.6 is 22.6 Å². The molecule has 0 bridgehead atoms. The van der Waals surface area contributed by atoms with Crippen molar-refractivity contribution in [3.05, 3.63) is 69.9 Å². The molecule has 0 unspecified atom stereocenters. The molecule has 0 amide bonds. The summed E-state index contributed by atoms with van der Waals surface area (Å²) in [7, 11) is -2.76. The first-order valence-corrected chi connectivity index (χ1v) is 13.2. The van der Waals surface area contributed by atoms with Crippen LogP contribution in [-0.2, 0) is 11.0 Å². The number of halogens is 3. The van der Waals surface area contributed by atoms with E-state index in [0.717, 1.165) is 0 Å². The topological polar surface area (TPSA) is 36.3 Å². The van der Waals surface area contributed by atoms with Gasteiger partial charge in [-0.25, -0.2) is 13.5 Å². The normalized spacial score (nSPS) is 16.8. The van der Waals surface area contributed by atoms with Gasteiger partial charge in [0.05, 0.1) is 12.6 Å². The Labute approximate surface area is 195 Å². The van der Waals surface area contributed by atoms with Crippen molar-refractivity contribution in [2.45, 2.75) is 44.9 Å². The fourth-order valence-electron chi connectivity index (χ4n) is 4.27. The molecule has 2 heterocycles. The molecule has 0 saturated heterocycles. The summed E-state index contributed by atoms with van der Waals surface area (Å²) in [5, 5.41) is 6.27. The van der Waals surface area contributed by atoms with Crippen LogP contribution in [-0.4, -0.2) is 30.8 Å². The zero-order valence-corrected chi connectivity index (χ0v) is 20.8. The lowest BCUT2D eigenvalue weighted by atomic mass is 10.2. The number of alkyl halides is 2. The minimum Gasteiger partial charge on any atom is -0.474 e. The van der Waals surface area contributed by atoms with E-state index in [0.29, 0.717) is 22.6 Å². The van der Waals surface area contributed by atoms with Gasteiger partial charge >= 0.3 is 0 Å². The second-order valence-electron chi connectivity index (χ2n) is 8.70. The molecule has 1 aliphatic rings. The standard InChI is InChI=1S/C23H25F2IN2O2Si/c1-23(2,3)31(17-10-6-4-7-11-17,18-12-8-5-9-13-18)30-16-14-28-22(29-15-16)19(26)20(27-28)21(24)25/h4-13,16,21H,14-15H2,1-3H3/t16-/m1/s1. The van der Waals surface area contributed by atoms with Crippen molar-refractivity contribution in [3.63, 3.8) is 0 Å². The molecule has 1 atom stereocenters. The Morgan fingerprint density at radius 3 is 2.10 bits per heavy atom. The highest BCUT2D eigenvalue weighted by atomic mass is 127. The summed E-state index contributed by atoms with van der Waals surface area (Å²) in [5.41, 5.74) is -0.235. The summed E-state index contributed by atoms with van der Waals surface area (Å²) < 4.78 is 41.5. The van der Waals surface area contributed by atoms with Crippen LogP contribution < -0.4 is 15.1 Å². The zero-order valence-electron chi connectivity index (χ0n) is 17.7. The second kappa shape index (κ2) is 8.63. The van der Waals surface area contributed by atoms with Gasteiger partial charge in [0.25, 0.3) is 14.7 Å². The number of aromatic nitrogens is 2. The molecule has 3 aromatic rings. The first-order valence-electron chi connectivity index (χ1n) is 10.2. The maximum atomic E-state index is 13.3. The summed E-state index contributed by atoms with van der Waals surface area (Å²) in [4.78, 5) is 0. The molecule has 4 nitrogen and oxygen atoms in total. The molecule has 1 aliphatic heterocycles. The third-order valence-electron chi connectivity index (χ3n) is 5.63. The Kier molecular flexibility index (Phi) is 6.24. The van der Waals surface area contributed by atoms with Crippen LogP contribution in [0.1, 0.15) is 32.9 Å². The first-order chi connectivity index (χ1) is 14.7. The lowest BCUT2D eigenvalue weighted by Crippen LogP contribution is -2.68. The summed E-state index contributed by atoms with van der Waals surface area (Å²) in [6.45, 7) is 7.30. The fraction of sp³-hybridized carbons (Fsp3) is 0.348. The Hall–Kier alpha value is -1.78. The maximum Gasteiger partial charge on any atom is 0.283 e. The third-order valence-corrected chi connectivity index (χ3v) is 11.7. The Balaban J connectivity index is 1.77. The van der Waals surface area contributed by atoms with Gasteiger partial charge in [0.1, 0.15) is 15.9 Å². The van der Waals surface area contributed by atoms with E-state index in [-0.39, 0.29) is 16.8 Å². The Bertz CT molecular complexity index is 999. The molecule has 0 saturated carbocycles. The van der Waals surface area contributed by atoms with E-state index in [9.17, 15) is 8.78 Å². The molecule has 164 valence electrons. The van der Waals surface area contributed by atoms with Crippen LogP contribution in [0.5, 0.6) is 5.88 Å². The van der Waals surface area contributed by atoms with Crippen molar-refractivity contribution in [1.82, 2.24) is 9.78 Å². The number of rotatable bonds is 5. The minimum absolute atomic E-state index is 0.178. The number of hydrogen-bond donors (Lipinski definition) is 0. The predicted octanol–water partition coefficient (Wildman–Crippen LogP) is 4.76. The molecular formula is C23H25F2IN2O2Si. The monoisotopic (exact) mass is 554 g/mol. The molecule has 0 fully saturated rings. The van der Waals surface area contributed by atoms with Gasteiger partial charge in [-0.1, -0.05) is 81.4 Å². The number of hydrogen-bond acceptors (Lipinski definition) is 3. The highest BCUT2D eigenvalue weighted by Gasteiger charge is 2.52. The average molecular weight is 554 g/mol. The predicted molar refractivity (Wildman–Crippen MR) is 128 cm³/mol. The molecule has 4 rings (SSSR count). The van der Waals surface area contributed by atoms with Gasteiger partial charge < -0.3 is 9.16 Å². The van der Waals surface area contributed by atoms with Gasteiger partial charge in [0.2, 0.25) is 5.88 Å². The van der Waals surface area contributed by atoms with Crippen LogP contribution in [0.2, 0.25) is 5.04 Å². The van der Waals surface area contributed by atoms with Crippen LogP contribution in [0, 0.1) is 3.57 Å². The summed E-state index contributed by atoms with van der Waals surface area (Å²) >= 11 is 1.88. The van der Waals surface area contributed by atoms with Crippen LogP contribution in [0.4, 0.5) is 8.78 Å². The molecule has 0 N–H and O–H groups in total. The Morgan fingerprint density at radius 1 is 1.06 bits per heavy atom. The van der Waals surface area contributed by atoms with E-state index in [4.69, 9.17) is 9.16 Å². The number of benzene rings is 2. The van der Waals surface area contributed by atoms with Crippen molar-refractivity contribution in [3.8, 4) is 5.88 Å². The number of nitrogens with zero attached hydrogens (tertiary/aromatic N) is 2. The summed E-state index contributed by atoms with van der Waals surface area (Å²) in [6, 6.07) is 20.7. The van der Waals surface area contributed by atoms with E-state index in [1.54, 1.807) is 0 Å². The highest BCUT2D eigenvalue weighted by Crippen LogP contribution is 2.39. The van der Waals surface area contributed by atoms with Crippen LogP contribution in [0.15, 0.2) is 60.7 Å². The lowest BCUT2D eigenvalue weighted by Gasteiger charge is -2.45. The molecular weight excluding hydrogens is 529 g/mol. The van der Waals surface area contributed by atoms with E-state index in [1.165, 1.54) is 15.1 Å². The van der Waals surface area contributed by atoms with Crippen molar-refractivity contribution in [2.24, 2.45) is 0 Å². The quantitative estimate of drug-likeness (QED) is 0.337. The van der Waals surface area contributed by atoms with Crippen molar-refractivity contribution in [1.29, 1.82) is 0 Å². The van der Waals surface area contributed by atoms with E-state index in [1.807, 2.05) is 59.0 Å². The fourth-order valence-corrected chi connectivity index (χ4v) is 9.71. The van der Waals surface area contributed by atoms with Gasteiger partial charge in [0, 0.05) is 0 Å². The van der Waals surface area contributed by atoms with Gasteiger partial charge in [-0.2, -0.15) is 5.10 Å². The smallest absolute Gasteiger partial charge is 0.283 e. The van der Waals surface area contributed by atoms with Crippen molar-refractivity contribution < 1.29 is 17.9 Å². The maximum absolute atomic E-state index is 13.3. The third kappa shape index (κ3) is 4.05. The molecule has 2 aromatic carbocycles. The molecule has 8 heteroatoms.